The van der Waals surface area contributed by atoms with Crippen molar-refractivity contribution in [3.63, 3.8) is 0 Å². The number of nitrogens with one attached hydrogen (secondary N) is 1. The zero-order valence-electron chi connectivity index (χ0n) is 17.1. The number of allylic oxidation sites excluding steroid dienone is 1. The van der Waals surface area contributed by atoms with Crippen LogP contribution in [0.2, 0.25) is 0 Å². The van der Waals surface area contributed by atoms with Crippen LogP contribution in [0.1, 0.15) is 31.4 Å². The lowest BCUT2D eigenvalue weighted by Gasteiger charge is -2.30. The van der Waals surface area contributed by atoms with Crippen molar-refractivity contribution in [2.75, 3.05) is 25.7 Å². The second-order valence-corrected chi connectivity index (χ2v) is 9.17. The van der Waals surface area contributed by atoms with Gasteiger partial charge in [0.15, 0.2) is 16.4 Å². The van der Waals surface area contributed by atoms with E-state index in [0.717, 1.165) is 12.0 Å². The first kappa shape index (κ1) is 20.3. The Hall–Kier alpha value is -3.00. The molecule has 0 radical (unpaired) electrons. The van der Waals surface area contributed by atoms with Crippen LogP contribution in [0, 0.1) is 0 Å². The Kier molecular flexibility index (Phi) is 5.19. The summed E-state index contributed by atoms with van der Waals surface area (Å²) in [4.78, 5) is 15.2. The number of para-hydroxylation sites is 1. The Labute approximate surface area is 176 Å². The van der Waals surface area contributed by atoms with E-state index < -0.39 is 21.8 Å². The van der Waals surface area contributed by atoms with Crippen molar-refractivity contribution >= 4 is 21.4 Å². The first-order valence-electron chi connectivity index (χ1n) is 9.76. The van der Waals surface area contributed by atoms with Crippen molar-refractivity contribution in [3.8, 4) is 11.5 Å². The van der Waals surface area contributed by atoms with Crippen LogP contribution < -0.4 is 19.7 Å². The number of hydrogen-bond acceptors (Lipinski definition) is 6. The minimum absolute atomic E-state index is 0.147. The molecule has 2 heterocycles. The topological polar surface area (TPSA) is 84.9 Å². The van der Waals surface area contributed by atoms with Gasteiger partial charge >= 0.3 is 0 Å². The Morgan fingerprint density at radius 3 is 2.57 bits per heavy atom. The quantitative estimate of drug-likeness (QED) is 0.787. The van der Waals surface area contributed by atoms with E-state index in [9.17, 15) is 13.2 Å². The fourth-order valence-corrected chi connectivity index (χ4v) is 5.83. The molecule has 0 aromatic heterocycles. The number of hydrogen-bond donors (Lipinski definition) is 1. The number of methoxy groups -OCH3 is 2. The zero-order valence-corrected chi connectivity index (χ0v) is 18.0. The molecule has 1 fully saturated rings. The lowest BCUT2D eigenvalue weighted by Crippen LogP contribution is -2.36. The molecule has 7 nitrogen and oxygen atoms in total. The fourth-order valence-electron chi connectivity index (χ4n) is 4.07. The van der Waals surface area contributed by atoms with Gasteiger partial charge in [0.2, 0.25) is 9.84 Å². The van der Waals surface area contributed by atoms with Crippen molar-refractivity contribution in [1.29, 1.82) is 0 Å². The van der Waals surface area contributed by atoms with Gasteiger partial charge in [0.1, 0.15) is 0 Å². The highest BCUT2D eigenvalue weighted by Crippen LogP contribution is 2.43. The minimum atomic E-state index is -3.91. The third kappa shape index (κ3) is 3.21. The van der Waals surface area contributed by atoms with Crippen molar-refractivity contribution < 1.29 is 22.7 Å². The third-order valence-corrected chi connectivity index (χ3v) is 7.44. The van der Waals surface area contributed by atoms with Gasteiger partial charge in [0.25, 0.3) is 5.91 Å². The first-order valence-corrected chi connectivity index (χ1v) is 11.2. The first-order chi connectivity index (χ1) is 14.4. The molecular weight excluding hydrogens is 404 g/mol. The van der Waals surface area contributed by atoms with E-state index in [1.807, 2.05) is 17.0 Å². The smallest absolute Gasteiger partial charge is 0.265 e. The van der Waals surface area contributed by atoms with Crippen LogP contribution in [0.15, 0.2) is 58.0 Å². The molecule has 8 heteroatoms. The summed E-state index contributed by atoms with van der Waals surface area (Å²) < 4.78 is 37.2. The third-order valence-electron chi connectivity index (χ3n) is 5.56. The standard InChI is InChI=1S/C22H24N2O5S/c1-14(15-10-11-18(28-2)19(13-15)29-3)23-22(25)21-17-8-6-12-24(17)16-7-4-5-9-20(16)30(21,26)27/h4-5,7,9-11,13-14H,6,8,12H2,1-3H3,(H,23,25)/t14-/m1/s1. The van der Waals surface area contributed by atoms with Gasteiger partial charge in [-0.1, -0.05) is 18.2 Å². The number of amides is 1. The highest BCUT2D eigenvalue weighted by atomic mass is 32.2. The Morgan fingerprint density at radius 1 is 1.10 bits per heavy atom. The van der Waals surface area contributed by atoms with Gasteiger partial charge in [-0.05, 0) is 49.6 Å². The molecule has 2 aliphatic rings. The molecule has 2 aliphatic heterocycles. The van der Waals surface area contributed by atoms with Crippen molar-refractivity contribution in [2.24, 2.45) is 0 Å². The molecule has 1 atom stereocenters. The van der Waals surface area contributed by atoms with E-state index in [0.29, 0.717) is 35.8 Å². The van der Waals surface area contributed by atoms with Crippen LogP contribution in [-0.2, 0) is 14.6 Å². The van der Waals surface area contributed by atoms with Crippen molar-refractivity contribution in [3.05, 3.63) is 58.6 Å². The Balaban J connectivity index is 1.68. The molecule has 0 spiro atoms. The van der Waals surface area contributed by atoms with Gasteiger partial charge in [-0.25, -0.2) is 8.42 Å². The average Bonchev–Trinajstić information content (AvgIpc) is 3.22. The fraction of sp³-hybridized carbons (Fsp3) is 0.318. The molecule has 30 heavy (non-hydrogen) atoms. The average molecular weight is 429 g/mol. The monoisotopic (exact) mass is 428 g/mol. The highest BCUT2D eigenvalue weighted by molar-refractivity contribution is 7.96. The molecule has 4 rings (SSSR count). The van der Waals surface area contributed by atoms with Gasteiger partial charge < -0.3 is 19.7 Å². The van der Waals surface area contributed by atoms with Gasteiger partial charge in [0.05, 0.1) is 30.8 Å². The molecule has 0 bridgehead atoms. The lowest BCUT2D eigenvalue weighted by molar-refractivity contribution is -0.117. The van der Waals surface area contributed by atoms with Crippen LogP contribution in [-0.4, -0.2) is 35.1 Å². The normalized spacial score (nSPS) is 17.8. The van der Waals surface area contributed by atoms with E-state index in [1.54, 1.807) is 44.4 Å². The molecular formula is C22H24N2O5S. The van der Waals surface area contributed by atoms with Crippen LogP contribution in [0.5, 0.6) is 11.5 Å². The molecule has 0 aliphatic carbocycles. The van der Waals surface area contributed by atoms with E-state index in [2.05, 4.69) is 5.32 Å². The van der Waals surface area contributed by atoms with Crippen LogP contribution in [0.25, 0.3) is 0 Å². The number of carbonyl (C=O) groups is 1. The van der Waals surface area contributed by atoms with Crippen molar-refractivity contribution in [2.45, 2.75) is 30.7 Å². The molecule has 2 aromatic carbocycles. The summed E-state index contributed by atoms with van der Waals surface area (Å²) in [6, 6.07) is 11.8. The van der Waals surface area contributed by atoms with Gasteiger partial charge in [-0.2, -0.15) is 0 Å². The van der Waals surface area contributed by atoms with Gasteiger partial charge in [-0.3, -0.25) is 4.79 Å². The largest absolute Gasteiger partial charge is 0.493 e. The summed E-state index contributed by atoms with van der Waals surface area (Å²) in [5.74, 6) is 0.533. The molecule has 2 aromatic rings. The zero-order chi connectivity index (χ0) is 21.5. The number of benzene rings is 2. The molecule has 1 saturated heterocycles. The number of carbonyl (C=O) groups excluding carboxylic acids is 1. The minimum Gasteiger partial charge on any atom is -0.493 e. The van der Waals surface area contributed by atoms with Gasteiger partial charge in [-0.15, -0.1) is 0 Å². The Bertz CT molecular complexity index is 1140. The summed E-state index contributed by atoms with van der Waals surface area (Å²) in [5.41, 5.74) is 2.00. The molecule has 1 amide bonds. The molecule has 0 saturated carbocycles. The SMILES string of the molecule is COc1ccc([C@@H](C)NC(=O)C2=C3CCCN3c3ccccc3S2(=O)=O)cc1OC. The summed E-state index contributed by atoms with van der Waals surface area (Å²) >= 11 is 0. The van der Waals surface area contributed by atoms with E-state index in [4.69, 9.17) is 9.47 Å². The maximum atomic E-state index is 13.3. The second kappa shape index (κ2) is 7.68. The predicted molar refractivity (Wildman–Crippen MR) is 113 cm³/mol. The second-order valence-electron chi connectivity index (χ2n) is 7.31. The maximum Gasteiger partial charge on any atom is 0.265 e. The van der Waals surface area contributed by atoms with E-state index in [1.165, 1.54) is 7.11 Å². The highest BCUT2D eigenvalue weighted by Gasteiger charge is 2.41. The number of nitrogens with zero attached hydrogens (tertiary/aromatic N) is 1. The number of fused-ring (bicyclic) bond motifs is 3. The number of ether oxygens (including phenoxy) is 2. The van der Waals surface area contributed by atoms with E-state index >= 15 is 0 Å². The summed E-state index contributed by atoms with van der Waals surface area (Å²) in [6.45, 7) is 2.50. The number of rotatable bonds is 5. The van der Waals surface area contributed by atoms with Crippen molar-refractivity contribution in [1.82, 2.24) is 5.32 Å². The number of sulfone groups is 1. The molecule has 158 valence electrons. The molecule has 1 N–H and O–H groups in total. The summed E-state index contributed by atoms with van der Waals surface area (Å²) in [5, 5.41) is 2.85. The van der Waals surface area contributed by atoms with Crippen LogP contribution in [0.4, 0.5) is 5.69 Å². The van der Waals surface area contributed by atoms with Gasteiger partial charge in [0, 0.05) is 12.2 Å². The number of anilines is 1. The van der Waals surface area contributed by atoms with E-state index in [-0.39, 0.29) is 9.80 Å². The summed E-state index contributed by atoms with van der Waals surface area (Å²) in [7, 11) is -0.815. The lowest BCUT2D eigenvalue weighted by atomic mass is 10.1. The van der Waals surface area contributed by atoms with Crippen LogP contribution in [0.3, 0.4) is 0 Å². The molecule has 0 unspecified atom stereocenters. The summed E-state index contributed by atoms with van der Waals surface area (Å²) in [6.07, 6.45) is 1.36. The predicted octanol–water partition coefficient (Wildman–Crippen LogP) is 3.18. The Morgan fingerprint density at radius 2 is 1.83 bits per heavy atom. The van der Waals surface area contributed by atoms with Crippen LogP contribution >= 0.6 is 0 Å². The maximum absolute atomic E-state index is 13.3.